The summed E-state index contributed by atoms with van der Waals surface area (Å²) in [7, 11) is 0. The number of aromatic nitrogens is 4. The summed E-state index contributed by atoms with van der Waals surface area (Å²) < 4.78 is 15.8. The maximum absolute atomic E-state index is 6.84. The van der Waals surface area contributed by atoms with Crippen molar-refractivity contribution >= 4 is 21.8 Å². The van der Waals surface area contributed by atoms with E-state index in [9.17, 15) is 0 Å². The van der Waals surface area contributed by atoms with E-state index in [0.717, 1.165) is 89.8 Å². The lowest BCUT2D eigenvalue weighted by Gasteiger charge is -2.31. The van der Waals surface area contributed by atoms with Crippen LogP contribution in [0, 0.1) is 0 Å². The monoisotopic (exact) mass is 970 g/mol. The fourth-order valence-corrected chi connectivity index (χ4v) is 12.4. The standard InChI is InChI=1S/C70H42N4O2/c1-3-15-45(16-4-1)67-71-68(46-17-5-2-6-18-46)73-69(72-67)47-29-27-43(28-30-47)44-31-35-50(36-32-44)74-60-24-12-9-21-53(60)55-41-48(34-39-61(55)74)49-33-37-54-59(42-49)70(56-22-10-7-19-51(56)52-20-8-11-23-57(52)70)58-38-40-64-66(65(54)58)76-63-26-14-13-25-62(63)75-64/h1-42H. The molecule has 6 nitrogen and oxygen atoms in total. The third kappa shape index (κ3) is 6.25. The van der Waals surface area contributed by atoms with Crippen molar-refractivity contribution in [1.29, 1.82) is 0 Å². The minimum Gasteiger partial charge on any atom is -0.449 e. The van der Waals surface area contributed by atoms with Gasteiger partial charge in [-0.15, -0.1) is 0 Å². The van der Waals surface area contributed by atoms with Gasteiger partial charge in [0.25, 0.3) is 0 Å². The van der Waals surface area contributed by atoms with Crippen LogP contribution in [0.3, 0.4) is 0 Å². The van der Waals surface area contributed by atoms with Gasteiger partial charge in [-0.25, -0.2) is 15.0 Å². The molecule has 0 saturated heterocycles. The van der Waals surface area contributed by atoms with E-state index in [-0.39, 0.29) is 0 Å². The number of hydrogen-bond donors (Lipinski definition) is 0. The number of benzene rings is 11. The summed E-state index contributed by atoms with van der Waals surface area (Å²) in [6.07, 6.45) is 0. The van der Waals surface area contributed by atoms with Crippen molar-refractivity contribution in [2.24, 2.45) is 0 Å². The largest absolute Gasteiger partial charge is 0.449 e. The molecular formula is C70H42N4O2. The Kier molecular flexibility index (Phi) is 9.15. The zero-order valence-corrected chi connectivity index (χ0v) is 40.9. The molecule has 11 aromatic carbocycles. The van der Waals surface area contributed by atoms with Gasteiger partial charge >= 0.3 is 0 Å². The molecule has 1 spiro atoms. The first-order valence-corrected chi connectivity index (χ1v) is 25.7. The lowest BCUT2D eigenvalue weighted by Crippen LogP contribution is -2.26. The van der Waals surface area contributed by atoms with Crippen LogP contribution >= 0.6 is 0 Å². The van der Waals surface area contributed by atoms with Crippen molar-refractivity contribution in [2.45, 2.75) is 5.41 Å². The van der Waals surface area contributed by atoms with Gasteiger partial charge in [0, 0.05) is 38.7 Å². The second kappa shape index (κ2) is 16.4. The van der Waals surface area contributed by atoms with Crippen LogP contribution in [0.2, 0.25) is 0 Å². The number of rotatable bonds is 6. The lowest BCUT2D eigenvalue weighted by atomic mass is 9.70. The number of hydrogen-bond acceptors (Lipinski definition) is 5. The van der Waals surface area contributed by atoms with Gasteiger partial charge in [-0.1, -0.05) is 200 Å². The van der Waals surface area contributed by atoms with Crippen LogP contribution in [0.15, 0.2) is 255 Å². The first kappa shape index (κ1) is 42.3. The summed E-state index contributed by atoms with van der Waals surface area (Å²) in [6, 6.07) is 90.5. The van der Waals surface area contributed by atoms with Gasteiger partial charge in [0.15, 0.2) is 40.5 Å². The molecule has 0 amide bonds. The summed E-state index contributed by atoms with van der Waals surface area (Å²) >= 11 is 0. The normalized spacial score (nSPS) is 13.1. The van der Waals surface area contributed by atoms with Gasteiger partial charge in [0.1, 0.15) is 0 Å². The van der Waals surface area contributed by atoms with E-state index >= 15 is 0 Å². The summed E-state index contributed by atoms with van der Waals surface area (Å²) in [5, 5.41) is 2.40. The van der Waals surface area contributed by atoms with E-state index in [1.54, 1.807) is 0 Å². The zero-order chi connectivity index (χ0) is 49.9. The molecule has 0 fully saturated rings. The van der Waals surface area contributed by atoms with Crippen LogP contribution in [-0.2, 0) is 5.41 Å². The molecule has 0 unspecified atom stereocenters. The first-order valence-electron chi connectivity index (χ1n) is 25.7. The van der Waals surface area contributed by atoms with Crippen molar-refractivity contribution in [2.75, 3.05) is 0 Å². The van der Waals surface area contributed by atoms with Gasteiger partial charge in [0.05, 0.1) is 16.4 Å². The molecule has 0 N–H and O–H groups in total. The average Bonchev–Trinajstić information content (AvgIpc) is 4.32. The summed E-state index contributed by atoms with van der Waals surface area (Å²) in [5.41, 5.74) is 20.0. The Morgan fingerprint density at radius 2 is 0.803 bits per heavy atom. The number of nitrogens with zero attached hydrogens (tertiary/aromatic N) is 4. The third-order valence-electron chi connectivity index (χ3n) is 15.8. The molecule has 2 aliphatic carbocycles. The predicted octanol–water partition coefficient (Wildman–Crippen LogP) is 17.5. The molecule has 16 rings (SSSR count). The SMILES string of the molecule is c1ccc(-c2nc(-c3ccccc3)nc(-c3ccc(-c4ccc(-n5c6ccccc6c6cc(-c7ccc8c(c7)C7(c9ccccc9-c9ccccc97)c7ccc9c(c7-8)Oc7ccccc7O9)ccc65)cc4)cc3)n2)cc1. The first-order chi connectivity index (χ1) is 37.7. The van der Waals surface area contributed by atoms with Crippen molar-refractivity contribution in [3.8, 4) is 107 Å². The maximum Gasteiger partial charge on any atom is 0.178 e. The van der Waals surface area contributed by atoms with E-state index in [0.29, 0.717) is 17.5 Å². The van der Waals surface area contributed by atoms with Crippen molar-refractivity contribution in [3.63, 3.8) is 0 Å². The van der Waals surface area contributed by atoms with E-state index in [4.69, 9.17) is 24.4 Å². The van der Waals surface area contributed by atoms with Crippen LogP contribution in [0.5, 0.6) is 23.0 Å². The Balaban J connectivity index is 0.774. The maximum atomic E-state index is 6.84. The molecule has 13 aromatic rings. The Hall–Kier alpha value is -10.2. The topological polar surface area (TPSA) is 62.1 Å². The third-order valence-corrected chi connectivity index (χ3v) is 15.8. The van der Waals surface area contributed by atoms with Crippen molar-refractivity contribution in [1.82, 2.24) is 19.5 Å². The predicted molar refractivity (Wildman–Crippen MR) is 304 cm³/mol. The number of ether oxygens (including phenoxy) is 2. The van der Waals surface area contributed by atoms with Gasteiger partial charge < -0.3 is 14.0 Å². The minimum atomic E-state index is -0.565. The highest BCUT2D eigenvalue weighted by Gasteiger charge is 2.53. The molecule has 76 heavy (non-hydrogen) atoms. The Bertz CT molecular complexity index is 4400. The van der Waals surface area contributed by atoms with E-state index < -0.39 is 5.41 Å². The molecular weight excluding hydrogens is 929 g/mol. The van der Waals surface area contributed by atoms with Crippen LogP contribution in [0.4, 0.5) is 0 Å². The number of para-hydroxylation sites is 3. The van der Waals surface area contributed by atoms with E-state index in [1.165, 1.54) is 44.2 Å². The van der Waals surface area contributed by atoms with Crippen molar-refractivity contribution in [3.05, 3.63) is 277 Å². The van der Waals surface area contributed by atoms with E-state index in [1.807, 2.05) is 84.9 Å². The van der Waals surface area contributed by atoms with E-state index in [2.05, 4.69) is 174 Å². The van der Waals surface area contributed by atoms with Gasteiger partial charge in [-0.05, 0) is 116 Å². The van der Waals surface area contributed by atoms with Crippen LogP contribution in [0.1, 0.15) is 22.3 Å². The second-order valence-electron chi connectivity index (χ2n) is 19.8. The molecule has 1 aliphatic heterocycles. The number of fused-ring (bicyclic) bond motifs is 16. The molecule has 0 radical (unpaired) electrons. The Morgan fingerprint density at radius 3 is 1.47 bits per heavy atom. The summed E-state index contributed by atoms with van der Waals surface area (Å²) in [5.74, 6) is 4.85. The molecule has 0 bridgehead atoms. The fraction of sp³-hybridized carbons (Fsp3) is 0.0143. The average molecular weight is 971 g/mol. The quantitative estimate of drug-likeness (QED) is 0.166. The summed E-state index contributed by atoms with van der Waals surface area (Å²) in [4.78, 5) is 14.8. The Morgan fingerprint density at radius 1 is 0.303 bits per heavy atom. The van der Waals surface area contributed by atoms with Crippen LogP contribution in [0.25, 0.3) is 106 Å². The molecule has 3 heterocycles. The zero-order valence-electron chi connectivity index (χ0n) is 40.9. The molecule has 354 valence electrons. The highest BCUT2D eigenvalue weighted by molar-refractivity contribution is 6.11. The highest BCUT2D eigenvalue weighted by Crippen LogP contribution is 2.66. The molecule has 6 heteroatoms. The molecule has 0 atom stereocenters. The van der Waals surface area contributed by atoms with Crippen LogP contribution < -0.4 is 9.47 Å². The molecule has 0 saturated carbocycles. The smallest absolute Gasteiger partial charge is 0.178 e. The van der Waals surface area contributed by atoms with Gasteiger partial charge in [-0.3, -0.25) is 0 Å². The highest BCUT2D eigenvalue weighted by atomic mass is 16.6. The fourth-order valence-electron chi connectivity index (χ4n) is 12.4. The molecule has 3 aliphatic rings. The Labute approximate surface area is 438 Å². The minimum absolute atomic E-state index is 0.565. The summed E-state index contributed by atoms with van der Waals surface area (Å²) in [6.45, 7) is 0. The lowest BCUT2D eigenvalue weighted by molar-refractivity contribution is 0.360. The van der Waals surface area contributed by atoms with Crippen molar-refractivity contribution < 1.29 is 9.47 Å². The van der Waals surface area contributed by atoms with Gasteiger partial charge in [-0.2, -0.15) is 0 Å². The van der Waals surface area contributed by atoms with Gasteiger partial charge in [0.2, 0.25) is 0 Å². The molecule has 2 aromatic heterocycles. The second-order valence-corrected chi connectivity index (χ2v) is 19.8. The van der Waals surface area contributed by atoms with Crippen LogP contribution in [-0.4, -0.2) is 19.5 Å².